The molecule has 25 heavy (non-hydrogen) atoms. The Hall–Kier alpha value is -1.59. The normalized spacial score (nSPS) is 40.4. The Morgan fingerprint density at radius 2 is 2.20 bits per heavy atom. The van der Waals surface area contributed by atoms with Crippen molar-refractivity contribution < 1.29 is 19.4 Å². The van der Waals surface area contributed by atoms with Crippen molar-refractivity contribution in [1.82, 2.24) is 5.32 Å². The Balaban J connectivity index is 1.55. The van der Waals surface area contributed by atoms with Crippen LogP contribution in [-0.2, 0) is 16.6 Å². The number of ketones is 1. The third-order valence-electron chi connectivity index (χ3n) is 7.24. The summed E-state index contributed by atoms with van der Waals surface area (Å²) in [6.07, 6.45) is 4.35. The van der Waals surface area contributed by atoms with Gasteiger partial charge in [-0.25, -0.2) is 0 Å². The number of benzene rings is 1. The third-order valence-corrected chi connectivity index (χ3v) is 7.24. The molecule has 0 amide bonds. The smallest absolute Gasteiger partial charge is 0.174 e. The van der Waals surface area contributed by atoms with Crippen LogP contribution in [0.4, 0.5) is 0 Å². The minimum absolute atomic E-state index is 0.00266. The van der Waals surface area contributed by atoms with Crippen LogP contribution in [0.25, 0.3) is 0 Å². The number of nitrogens with one attached hydrogen (secondary N) is 1. The van der Waals surface area contributed by atoms with E-state index in [9.17, 15) is 9.90 Å². The molecule has 2 saturated carbocycles. The fraction of sp³-hybridized carbons (Fsp3) is 0.650. The first-order chi connectivity index (χ1) is 12.1. The van der Waals surface area contributed by atoms with Gasteiger partial charge in [0.25, 0.3) is 0 Å². The highest BCUT2D eigenvalue weighted by Crippen LogP contribution is 2.63. The highest BCUT2D eigenvalue weighted by Gasteiger charge is 2.72. The lowest BCUT2D eigenvalue weighted by Gasteiger charge is -2.59. The number of ether oxygens (including phenoxy) is 2. The molecule has 5 heteroatoms. The van der Waals surface area contributed by atoms with E-state index in [0.717, 1.165) is 43.1 Å². The van der Waals surface area contributed by atoms with Gasteiger partial charge in [0.05, 0.1) is 17.6 Å². The predicted octanol–water partition coefficient (Wildman–Crippen LogP) is 1.49. The van der Waals surface area contributed by atoms with E-state index in [1.165, 1.54) is 18.4 Å². The van der Waals surface area contributed by atoms with E-state index < -0.39 is 17.1 Å². The summed E-state index contributed by atoms with van der Waals surface area (Å²) in [4.78, 5) is 12.8. The monoisotopic (exact) mass is 341 g/mol. The molecule has 1 saturated heterocycles. The van der Waals surface area contributed by atoms with Crippen molar-refractivity contribution in [1.29, 1.82) is 0 Å². The summed E-state index contributed by atoms with van der Waals surface area (Å²) in [5.74, 6) is 2.27. The molecule has 1 aromatic carbocycles. The molecular formula is C20H23NO4. The number of hydrogen-bond acceptors (Lipinski definition) is 5. The summed E-state index contributed by atoms with van der Waals surface area (Å²) in [7, 11) is 0. The van der Waals surface area contributed by atoms with Gasteiger partial charge in [-0.2, -0.15) is 0 Å². The van der Waals surface area contributed by atoms with E-state index >= 15 is 0 Å². The number of aliphatic hydroxyl groups is 1. The maximum Gasteiger partial charge on any atom is 0.174 e. The zero-order valence-corrected chi connectivity index (χ0v) is 14.2. The fourth-order valence-corrected chi connectivity index (χ4v) is 5.82. The lowest BCUT2D eigenvalue weighted by molar-refractivity contribution is -0.166. The Morgan fingerprint density at radius 1 is 1.32 bits per heavy atom. The van der Waals surface area contributed by atoms with Crippen LogP contribution in [0.5, 0.6) is 11.5 Å². The van der Waals surface area contributed by atoms with Gasteiger partial charge in [0, 0.05) is 18.0 Å². The van der Waals surface area contributed by atoms with E-state index in [2.05, 4.69) is 11.4 Å². The summed E-state index contributed by atoms with van der Waals surface area (Å²) in [6.45, 7) is 1.53. The molecular weight excluding hydrogens is 318 g/mol. The minimum atomic E-state index is -0.906. The summed E-state index contributed by atoms with van der Waals surface area (Å²) >= 11 is 0. The molecule has 1 spiro atoms. The number of hydrogen-bond donors (Lipinski definition) is 2. The lowest BCUT2D eigenvalue weighted by Crippen LogP contribution is -2.76. The van der Waals surface area contributed by atoms with E-state index in [4.69, 9.17) is 9.47 Å². The van der Waals surface area contributed by atoms with Gasteiger partial charge in [0.2, 0.25) is 0 Å². The number of carbonyl (C=O) groups excluding carboxylic acids is 1. The van der Waals surface area contributed by atoms with Crippen molar-refractivity contribution in [3.05, 3.63) is 23.3 Å². The summed E-state index contributed by atoms with van der Waals surface area (Å²) in [5, 5.41) is 15.2. The van der Waals surface area contributed by atoms with Gasteiger partial charge in [0.15, 0.2) is 23.4 Å². The highest BCUT2D eigenvalue weighted by atomic mass is 16.5. The van der Waals surface area contributed by atoms with Crippen molar-refractivity contribution in [2.24, 2.45) is 5.92 Å². The second-order valence-electron chi connectivity index (χ2n) is 8.50. The Kier molecular flexibility index (Phi) is 2.66. The quantitative estimate of drug-likeness (QED) is 0.872. The molecule has 4 atom stereocenters. The molecule has 2 bridgehead atoms. The molecule has 5 nitrogen and oxygen atoms in total. The molecule has 3 aliphatic carbocycles. The number of rotatable bonds is 3. The Bertz CT molecular complexity index is 788. The van der Waals surface area contributed by atoms with Gasteiger partial charge in [-0.1, -0.05) is 6.07 Å². The van der Waals surface area contributed by atoms with Crippen LogP contribution >= 0.6 is 0 Å². The molecule has 1 aromatic rings. The molecule has 0 aromatic heterocycles. The van der Waals surface area contributed by atoms with E-state index in [1.807, 2.05) is 6.07 Å². The molecule has 2 unspecified atom stereocenters. The maximum atomic E-state index is 12.8. The zero-order chi connectivity index (χ0) is 16.8. The average molecular weight is 341 g/mol. The number of Topliss-reactive ketones (excluding diaryl/α,β-unsaturated/α-hetero) is 1. The molecule has 3 fully saturated rings. The molecule has 2 N–H and O–H groups in total. The van der Waals surface area contributed by atoms with Crippen LogP contribution in [0.15, 0.2) is 12.1 Å². The SMILES string of the molecule is O=C1CCC2(O)[C@H]3Cc4ccc(OCC5CC5)c5c4[C@@]2(CCN3)C1O5. The number of carbonyl (C=O) groups is 1. The molecule has 2 aliphatic heterocycles. The first-order valence-corrected chi connectivity index (χ1v) is 9.58. The molecule has 0 radical (unpaired) electrons. The molecule has 5 aliphatic rings. The zero-order valence-electron chi connectivity index (χ0n) is 14.2. The van der Waals surface area contributed by atoms with Gasteiger partial charge >= 0.3 is 0 Å². The standard InChI is InChI=1S/C20H23NO4/c22-13-5-6-20(23)15-9-12-3-4-14(24-10-11-1-2-11)17-16(12)19(20,7-8-21-15)18(13)25-17/h3-4,11,15,18,21,23H,1-2,5-10H2/t15-,18?,19+,20?/m1/s1. The van der Waals surface area contributed by atoms with Crippen LogP contribution in [-0.4, -0.2) is 41.8 Å². The van der Waals surface area contributed by atoms with Crippen LogP contribution in [0.1, 0.15) is 43.2 Å². The summed E-state index contributed by atoms with van der Waals surface area (Å²) < 4.78 is 12.3. The highest BCUT2D eigenvalue weighted by molar-refractivity contribution is 5.90. The van der Waals surface area contributed by atoms with Crippen molar-refractivity contribution >= 4 is 5.78 Å². The Labute approximate surface area is 146 Å². The predicted molar refractivity (Wildman–Crippen MR) is 90.1 cm³/mol. The van der Waals surface area contributed by atoms with Crippen LogP contribution < -0.4 is 14.8 Å². The van der Waals surface area contributed by atoms with Crippen molar-refractivity contribution in [3.63, 3.8) is 0 Å². The van der Waals surface area contributed by atoms with Gasteiger partial charge in [-0.05, 0) is 56.2 Å². The fourth-order valence-electron chi connectivity index (χ4n) is 5.82. The first kappa shape index (κ1) is 14.6. The third kappa shape index (κ3) is 1.64. The van der Waals surface area contributed by atoms with E-state index in [1.54, 1.807) is 0 Å². The molecule has 132 valence electrons. The molecule has 2 heterocycles. The lowest BCUT2D eigenvalue weighted by atomic mass is 9.49. The topological polar surface area (TPSA) is 67.8 Å². The largest absolute Gasteiger partial charge is 0.489 e. The second-order valence-corrected chi connectivity index (χ2v) is 8.50. The Morgan fingerprint density at radius 3 is 3.04 bits per heavy atom. The van der Waals surface area contributed by atoms with E-state index in [-0.39, 0.29) is 11.8 Å². The van der Waals surface area contributed by atoms with E-state index in [0.29, 0.717) is 18.8 Å². The minimum Gasteiger partial charge on any atom is -0.489 e. The van der Waals surface area contributed by atoms with Gasteiger partial charge in [0.1, 0.15) is 0 Å². The van der Waals surface area contributed by atoms with Gasteiger partial charge in [-0.3, -0.25) is 4.79 Å². The second kappa shape index (κ2) is 4.57. The summed E-state index contributed by atoms with van der Waals surface area (Å²) in [6, 6.07) is 4.11. The van der Waals surface area contributed by atoms with Crippen LogP contribution in [0.3, 0.4) is 0 Å². The van der Waals surface area contributed by atoms with Crippen molar-refractivity contribution in [3.8, 4) is 11.5 Å². The summed E-state index contributed by atoms with van der Waals surface area (Å²) in [5.41, 5.74) is 0.768. The first-order valence-electron chi connectivity index (χ1n) is 9.58. The van der Waals surface area contributed by atoms with Crippen molar-refractivity contribution in [2.45, 2.75) is 61.7 Å². The van der Waals surface area contributed by atoms with Crippen molar-refractivity contribution in [2.75, 3.05) is 13.2 Å². The maximum absolute atomic E-state index is 12.8. The average Bonchev–Trinajstić information content (AvgIpc) is 3.35. The number of piperidine rings is 1. The van der Waals surface area contributed by atoms with Crippen LogP contribution in [0, 0.1) is 5.92 Å². The molecule has 6 rings (SSSR count). The van der Waals surface area contributed by atoms with Gasteiger partial charge < -0.3 is 19.9 Å². The van der Waals surface area contributed by atoms with Crippen LogP contribution in [0.2, 0.25) is 0 Å². The van der Waals surface area contributed by atoms with Gasteiger partial charge in [-0.15, -0.1) is 0 Å².